The van der Waals surface area contributed by atoms with E-state index in [2.05, 4.69) is 27.2 Å². The van der Waals surface area contributed by atoms with Gasteiger partial charge in [-0.1, -0.05) is 0 Å². The highest BCUT2D eigenvalue weighted by Crippen LogP contribution is 2.30. The molecule has 0 amide bonds. The lowest BCUT2D eigenvalue weighted by Crippen LogP contribution is -2.47. The van der Waals surface area contributed by atoms with Gasteiger partial charge >= 0.3 is 0 Å². The fraction of sp³-hybridized carbons (Fsp3) is 0.733. The predicted octanol–water partition coefficient (Wildman–Crippen LogP) is 1.90. The molecule has 2 fully saturated rings. The minimum Gasteiger partial charge on any atom is -0.478 e. The number of aromatic nitrogens is 2. The summed E-state index contributed by atoms with van der Waals surface area (Å²) >= 11 is 0. The number of fused-ring (bicyclic) bond motifs is 2. The molecule has 2 aliphatic rings. The van der Waals surface area contributed by atoms with Gasteiger partial charge in [-0.05, 0) is 39.5 Å². The lowest BCUT2D eigenvalue weighted by Gasteiger charge is -2.35. The van der Waals surface area contributed by atoms with Gasteiger partial charge in [-0.2, -0.15) is 4.98 Å². The summed E-state index contributed by atoms with van der Waals surface area (Å²) in [7, 11) is 2.11. The lowest BCUT2D eigenvalue weighted by atomic mass is 9.99. The van der Waals surface area contributed by atoms with Crippen LogP contribution < -0.4 is 15.0 Å². The highest BCUT2D eigenvalue weighted by molar-refractivity contribution is 5.35. The van der Waals surface area contributed by atoms with Crippen LogP contribution in [0.2, 0.25) is 0 Å². The normalized spacial score (nSPS) is 28.4. The first kappa shape index (κ1) is 13.6. The molecule has 1 aromatic heterocycles. The van der Waals surface area contributed by atoms with Crippen LogP contribution in [0, 0.1) is 6.92 Å². The Kier molecular flexibility index (Phi) is 3.78. The van der Waals surface area contributed by atoms with Crippen molar-refractivity contribution in [2.75, 3.05) is 18.6 Å². The Morgan fingerprint density at radius 1 is 1.30 bits per heavy atom. The van der Waals surface area contributed by atoms with Gasteiger partial charge in [0.2, 0.25) is 11.8 Å². The van der Waals surface area contributed by atoms with Gasteiger partial charge in [-0.3, -0.25) is 0 Å². The molecular formula is C15H24N4O. The summed E-state index contributed by atoms with van der Waals surface area (Å²) in [6.45, 7) is 4.61. The zero-order chi connectivity index (χ0) is 14.1. The van der Waals surface area contributed by atoms with E-state index in [9.17, 15) is 0 Å². The Labute approximate surface area is 120 Å². The van der Waals surface area contributed by atoms with E-state index in [1.807, 2.05) is 19.9 Å². The Balaban J connectivity index is 1.77. The van der Waals surface area contributed by atoms with E-state index in [-0.39, 0.29) is 0 Å². The van der Waals surface area contributed by atoms with E-state index in [1.54, 1.807) is 0 Å². The molecule has 0 aromatic carbocycles. The molecule has 2 bridgehead atoms. The molecule has 5 nitrogen and oxygen atoms in total. The monoisotopic (exact) mass is 276 g/mol. The molecule has 5 heteroatoms. The third-order valence-electron chi connectivity index (χ3n) is 4.42. The van der Waals surface area contributed by atoms with Gasteiger partial charge in [0.15, 0.2) is 0 Å². The first-order valence-electron chi connectivity index (χ1n) is 7.63. The molecule has 1 N–H and O–H groups in total. The average molecular weight is 276 g/mol. The van der Waals surface area contributed by atoms with Crippen LogP contribution in [0.25, 0.3) is 0 Å². The third-order valence-corrected chi connectivity index (χ3v) is 4.42. The van der Waals surface area contributed by atoms with Crippen molar-refractivity contribution >= 4 is 5.95 Å². The van der Waals surface area contributed by atoms with E-state index >= 15 is 0 Å². The molecule has 2 saturated heterocycles. The number of nitrogens with one attached hydrogen (secondary N) is 1. The summed E-state index contributed by atoms with van der Waals surface area (Å²) in [5.41, 5.74) is 0.960. The maximum Gasteiger partial charge on any atom is 0.228 e. The van der Waals surface area contributed by atoms with Gasteiger partial charge in [-0.25, -0.2) is 4.98 Å². The minimum atomic E-state index is 0.532. The molecule has 2 unspecified atom stereocenters. The Morgan fingerprint density at radius 2 is 2.00 bits per heavy atom. The van der Waals surface area contributed by atoms with Gasteiger partial charge < -0.3 is 15.0 Å². The number of hydrogen-bond donors (Lipinski definition) is 1. The van der Waals surface area contributed by atoms with Crippen molar-refractivity contribution in [3.63, 3.8) is 0 Å². The van der Waals surface area contributed by atoms with Crippen LogP contribution in [0.3, 0.4) is 0 Å². The second kappa shape index (κ2) is 5.56. The largest absolute Gasteiger partial charge is 0.478 e. The predicted molar refractivity (Wildman–Crippen MR) is 79.3 cm³/mol. The summed E-state index contributed by atoms with van der Waals surface area (Å²) in [6.07, 6.45) is 5.00. The van der Waals surface area contributed by atoms with E-state index < -0.39 is 0 Å². The number of rotatable bonds is 4. The topological polar surface area (TPSA) is 50.3 Å². The van der Waals surface area contributed by atoms with Crippen LogP contribution in [-0.4, -0.2) is 41.7 Å². The lowest BCUT2D eigenvalue weighted by molar-refractivity contribution is 0.323. The molecule has 110 valence electrons. The summed E-state index contributed by atoms with van der Waals surface area (Å²) in [6, 6.07) is 3.78. The van der Waals surface area contributed by atoms with E-state index in [4.69, 9.17) is 4.74 Å². The fourth-order valence-corrected chi connectivity index (χ4v) is 3.41. The molecule has 0 spiro atoms. The van der Waals surface area contributed by atoms with Crippen molar-refractivity contribution in [3.05, 3.63) is 11.8 Å². The van der Waals surface area contributed by atoms with Gasteiger partial charge in [0, 0.05) is 36.9 Å². The quantitative estimate of drug-likeness (QED) is 0.910. The van der Waals surface area contributed by atoms with E-state index in [0.29, 0.717) is 30.6 Å². The number of aryl methyl sites for hydroxylation is 1. The molecular weight excluding hydrogens is 252 g/mol. The highest BCUT2D eigenvalue weighted by Gasteiger charge is 2.35. The van der Waals surface area contributed by atoms with Crippen LogP contribution in [0.5, 0.6) is 5.88 Å². The van der Waals surface area contributed by atoms with Gasteiger partial charge in [-0.15, -0.1) is 0 Å². The first-order valence-corrected chi connectivity index (χ1v) is 7.63. The summed E-state index contributed by atoms with van der Waals surface area (Å²) in [5, 5.41) is 3.68. The highest BCUT2D eigenvalue weighted by atomic mass is 16.5. The zero-order valence-electron chi connectivity index (χ0n) is 12.6. The number of nitrogens with zero attached hydrogens (tertiary/aromatic N) is 3. The number of ether oxygens (including phenoxy) is 1. The SMILES string of the molecule is CCOc1cc(C)nc(N(C)C2CC3CCC(C2)N3)n1. The molecule has 1 aromatic rings. The van der Waals surface area contributed by atoms with E-state index in [1.165, 1.54) is 25.7 Å². The second-order valence-corrected chi connectivity index (χ2v) is 5.95. The molecule has 2 aliphatic heterocycles. The van der Waals surface area contributed by atoms with Crippen molar-refractivity contribution in [1.82, 2.24) is 15.3 Å². The Bertz CT molecular complexity index is 467. The van der Waals surface area contributed by atoms with Gasteiger partial charge in [0.25, 0.3) is 0 Å². The smallest absolute Gasteiger partial charge is 0.228 e. The standard InChI is InChI=1S/C15H24N4O/c1-4-20-14-7-10(2)16-15(18-14)19(3)13-8-11-5-6-12(9-13)17-11/h7,11-13,17H,4-6,8-9H2,1-3H3. The maximum atomic E-state index is 5.53. The first-order chi connectivity index (χ1) is 9.65. The number of piperidine rings is 1. The molecule has 0 aliphatic carbocycles. The van der Waals surface area contributed by atoms with Gasteiger partial charge in [0.1, 0.15) is 0 Å². The van der Waals surface area contributed by atoms with Crippen molar-refractivity contribution in [1.29, 1.82) is 0 Å². The number of hydrogen-bond acceptors (Lipinski definition) is 5. The fourth-order valence-electron chi connectivity index (χ4n) is 3.41. The molecule has 0 saturated carbocycles. The Morgan fingerprint density at radius 3 is 2.65 bits per heavy atom. The van der Waals surface area contributed by atoms with Crippen LogP contribution in [0.4, 0.5) is 5.95 Å². The van der Waals surface area contributed by atoms with Crippen LogP contribution in [-0.2, 0) is 0 Å². The number of anilines is 1. The maximum absolute atomic E-state index is 5.53. The molecule has 3 rings (SSSR count). The van der Waals surface area contributed by atoms with Crippen molar-refractivity contribution in [3.8, 4) is 5.88 Å². The van der Waals surface area contributed by atoms with Crippen LogP contribution in [0.1, 0.15) is 38.3 Å². The molecule has 20 heavy (non-hydrogen) atoms. The third kappa shape index (κ3) is 2.73. The van der Waals surface area contributed by atoms with Crippen LogP contribution >= 0.6 is 0 Å². The molecule has 2 atom stereocenters. The summed E-state index contributed by atoms with van der Waals surface area (Å²) in [4.78, 5) is 11.4. The van der Waals surface area contributed by atoms with Gasteiger partial charge in [0.05, 0.1) is 6.61 Å². The van der Waals surface area contributed by atoms with Crippen LogP contribution in [0.15, 0.2) is 6.07 Å². The second-order valence-electron chi connectivity index (χ2n) is 5.95. The molecule has 3 heterocycles. The summed E-state index contributed by atoms with van der Waals surface area (Å²) < 4.78 is 5.53. The van der Waals surface area contributed by atoms with E-state index in [0.717, 1.165) is 11.6 Å². The van der Waals surface area contributed by atoms with Crippen molar-refractivity contribution in [2.24, 2.45) is 0 Å². The minimum absolute atomic E-state index is 0.532. The molecule has 0 radical (unpaired) electrons. The van der Waals surface area contributed by atoms with Crippen molar-refractivity contribution < 1.29 is 4.74 Å². The zero-order valence-corrected chi connectivity index (χ0v) is 12.6. The summed E-state index contributed by atoms with van der Waals surface area (Å²) in [5.74, 6) is 1.47. The Hall–Kier alpha value is -1.36. The van der Waals surface area contributed by atoms with Crippen molar-refractivity contribution in [2.45, 2.75) is 57.7 Å². The average Bonchev–Trinajstić information content (AvgIpc) is 2.76.